The molecule has 0 aromatic heterocycles. The van der Waals surface area contributed by atoms with Crippen LogP contribution in [0.25, 0.3) is 0 Å². The van der Waals surface area contributed by atoms with Gasteiger partial charge in [-0.1, -0.05) is 19.1 Å². The van der Waals surface area contributed by atoms with E-state index in [-0.39, 0.29) is 23.7 Å². The van der Waals surface area contributed by atoms with Gasteiger partial charge in [-0.2, -0.15) is 0 Å². The first-order valence-electron chi connectivity index (χ1n) is 7.89. The molecule has 0 radical (unpaired) electrons. The van der Waals surface area contributed by atoms with Crippen LogP contribution >= 0.6 is 0 Å². The normalized spacial score (nSPS) is 19.0. The summed E-state index contributed by atoms with van der Waals surface area (Å²) in [4.78, 5) is 16.5. The molecule has 1 heterocycles. The number of β-amino-alcohol motifs (C(OH)–C–C–N with tert-alkyl or cyclic N) is 1. The molecule has 2 rings (SSSR count). The van der Waals surface area contributed by atoms with E-state index in [4.69, 9.17) is 0 Å². The van der Waals surface area contributed by atoms with Gasteiger partial charge in [0.05, 0.1) is 6.10 Å². The predicted octanol–water partition coefficient (Wildman–Crippen LogP) is 1.53. The van der Waals surface area contributed by atoms with Crippen molar-refractivity contribution in [2.75, 3.05) is 32.7 Å². The minimum absolute atomic E-state index is 0.126. The Morgan fingerprint density at radius 1 is 1.27 bits per heavy atom. The molecule has 1 aliphatic rings. The molecule has 0 aliphatic carbocycles. The Morgan fingerprint density at radius 2 is 1.95 bits per heavy atom. The van der Waals surface area contributed by atoms with Gasteiger partial charge in [0, 0.05) is 38.6 Å². The van der Waals surface area contributed by atoms with Gasteiger partial charge in [0.1, 0.15) is 5.82 Å². The number of amides is 1. The molecular formula is C17H25FN2O2. The van der Waals surface area contributed by atoms with Gasteiger partial charge in [0.25, 0.3) is 0 Å². The second-order valence-corrected chi connectivity index (χ2v) is 6.21. The molecule has 1 saturated heterocycles. The Hall–Kier alpha value is -1.46. The van der Waals surface area contributed by atoms with E-state index in [9.17, 15) is 14.3 Å². The monoisotopic (exact) mass is 308 g/mol. The van der Waals surface area contributed by atoms with Crippen molar-refractivity contribution in [2.24, 2.45) is 5.92 Å². The second kappa shape index (κ2) is 7.70. The number of rotatable bonds is 5. The zero-order valence-corrected chi connectivity index (χ0v) is 13.3. The molecule has 1 aliphatic heterocycles. The number of hydrogen-bond acceptors (Lipinski definition) is 3. The zero-order chi connectivity index (χ0) is 16.1. The largest absolute Gasteiger partial charge is 0.392 e. The van der Waals surface area contributed by atoms with Crippen LogP contribution in [0.15, 0.2) is 24.3 Å². The van der Waals surface area contributed by atoms with Crippen molar-refractivity contribution in [2.45, 2.75) is 26.4 Å². The van der Waals surface area contributed by atoms with Gasteiger partial charge in [-0.05, 0) is 31.0 Å². The third-order valence-corrected chi connectivity index (χ3v) is 4.06. The first kappa shape index (κ1) is 16.9. The lowest BCUT2D eigenvalue weighted by molar-refractivity contribution is -0.136. The summed E-state index contributed by atoms with van der Waals surface area (Å²) < 4.78 is 13.2. The Kier molecular flexibility index (Phi) is 5.91. The fourth-order valence-electron chi connectivity index (χ4n) is 2.94. The van der Waals surface area contributed by atoms with Crippen LogP contribution < -0.4 is 0 Å². The van der Waals surface area contributed by atoms with Crippen LogP contribution in [0.5, 0.6) is 0 Å². The third kappa shape index (κ3) is 4.78. The lowest BCUT2D eigenvalue weighted by Gasteiger charge is -2.36. The lowest BCUT2D eigenvalue weighted by Crippen LogP contribution is -2.51. The lowest BCUT2D eigenvalue weighted by atomic mass is 9.99. The van der Waals surface area contributed by atoms with E-state index in [1.807, 2.05) is 17.9 Å². The van der Waals surface area contributed by atoms with Crippen molar-refractivity contribution in [3.8, 4) is 0 Å². The average molecular weight is 308 g/mol. The summed E-state index contributed by atoms with van der Waals surface area (Å²) in [5, 5.41) is 9.40. The number of hydrogen-bond donors (Lipinski definition) is 1. The van der Waals surface area contributed by atoms with E-state index in [1.54, 1.807) is 13.0 Å². The molecule has 1 aromatic carbocycles. The Labute approximate surface area is 131 Å². The number of carbonyl (C=O) groups excluding carboxylic acids is 1. The maximum Gasteiger partial charge on any atom is 0.225 e. The molecule has 0 saturated carbocycles. The number of aliphatic hydroxyl groups is 1. The highest BCUT2D eigenvalue weighted by Gasteiger charge is 2.25. The summed E-state index contributed by atoms with van der Waals surface area (Å²) in [6, 6.07) is 6.44. The van der Waals surface area contributed by atoms with E-state index >= 15 is 0 Å². The molecule has 122 valence electrons. The van der Waals surface area contributed by atoms with E-state index in [2.05, 4.69) is 4.90 Å². The molecule has 1 N–H and O–H groups in total. The number of halogens is 1. The summed E-state index contributed by atoms with van der Waals surface area (Å²) in [6.45, 7) is 7.31. The number of aliphatic hydroxyl groups excluding tert-OH is 1. The van der Waals surface area contributed by atoms with Crippen molar-refractivity contribution in [1.82, 2.24) is 9.80 Å². The van der Waals surface area contributed by atoms with E-state index in [1.165, 1.54) is 12.1 Å². The van der Waals surface area contributed by atoms with Crippen molar-refractivity contribution >= 4 is 5.91 Å². The maximum absolute atomic E-state index is 13.2. The smallest absolute Gasteiger partial charge is 0.225 e. The maximum atomic E-state index is 13.2. The van der Waals surface area contributed by atoms with Crippen LogP contribution in [-0.2, 0) is 11.2 Å². The summed E-state index contributed by atoms with van der Waals surface area (Å²) in [5.41, 5.74) is 0.855. The topological polar surface area (TPSA) is 43.8 Å². The molecule has 0 bridgehead atoms. The van der Waals surface area contributed by atoms with E-state index in [0.717, 1.165) is 18.7 Å². The highest BCUT2D eigenvalue weighted by atomic mass is 19.1. The summed E-state index contributed by atoms with van der Waals surface area (Å²) in [5.74, 6) is -0.282. The summed E-state index contributed by atoms with van der Waals surface area (Å²) in [6.07, 6.45) is 0.221. The van der Waals surface area contributed by atoms with Gasteiger partial charge in [0.2, 0.25) is 5.91 Å². The van der Waals surface area contributed by atoms with Crippen LogP contribution in [-0.4, -0.2) is 59.6 Å². The highest BCUT2D eigenvalue weighted by Crippen LogP contribution is 2.14. The van der Waals surface area contributed by atoms with Crippen LogP contribution in [0, 0.1) is 11.7 Å². The van der Waals surface area contributed by atoms with Gasteiger partial charge in [-0.3, -0.25) is 9.69 Å². The SMILES string of the molecule is C[C@H](Cc1cccc(F)c1)C(=O)N1CCN(C[C@@H](C)O)CC1. The first-order valence-corrected chi connectivity index (χ1v) is 7.89. The molecule has 5 heteroatoms. The standard InChI is InChI=1S/C17H25FN2O2/c1-13(10-15-4-3-5-16(18)11-15)17(22)20-8-6-19(7-9-20)12-14(2)21/h3-5,11,13-14,21H,6-10,12H2,1-2H3/t13-,14-/m1/s1. The number of carbonyl (C=O) groups is 1. The number of nitrogens with zero attached hydrogens (tertiary/aromatic N) is 2. The van der Waals surface area contributed by atoms with Gasteiger partial charge in [0.15, 0.2) is 0 Å². The van der Waals surface area contributed by atoms with E-state index in [0.29, 0.717) is 26.1 Å². The van der Waals surface area contributed by atoms with Crippen LogP contribution in [0.3, 0.4) is 0 Å². The van der Waals surface area contributed by atoms with Gasteiger partial charge in [-0.15, -0.1) is 0 Å². The zero-order valence-electron chi connectivity index (χ0n) is 13.3. The molecule has 1 aromatic rings. The minimum Gasteiger partial charge on any atom is -0.392 e. The third-order valence-electron chi connectivity index (χ3n) is 4.06. The Balaban J connectivity index is 1.84. The summed E-state index contributed by atoms with van der Waals surface area (Å²) >= 11 is 0. The quantitative estimate of drug-likeness (QED) is 0.897. The fraction of sp³-hybridized carbons (Fsp3) is 0.588. The molecule has 2 atom stereocenters. The van der Waals surface area contributed by atoms with Crippen molar-refractivity contribution in [3.63, 3.8) is 0 Å². The predicted molar refractivity (Wildman–Crippen MR) is 84.0 cm³/mol. The molecule has 1 fully saturated rings. The van der Waals surface area contributed by atoms with Gasteiger partial charge >= 0.3 is 0 Å². The minimum atomic E-state index is -0.339. The van der Waals surface area contributed by atoms with Gasteiger partial charge < -0.3 is 10.0 Å². The Morgan fingerprint density at radius 3 is 2.55 bits per heavy atom. The van der Waals surface area contributed by atoms with Crippen LogP contribution in [0.1, 0.15) is 19.4 Å². The Bertz CT molecular complexity index is 499. The average Bonchev–Trinajstić information content (AvgIpc) is 2.46. The molecule has 4 nitrogen and oxygen atoms in total. The van der Waals surface area contributed by atoms with Crippen molar-refractivity contribution in [1.29, 1.82) is 0 Å². The number of piperazine rings is 1. The first-order chi connectivity index (χ1) is 10.5. The molecule has 0 spiro atoms. The molecule has 0 unspecified atom stereocenters. The molecular weight excluding hydrogens is 283 g/mol. The van der Waals surface area contributed by atoms with Crippen LogP contribution in [0.2, 0.25) is 0 Å². The molecule has 22 heavy (non-hydrogen) atoms. The molecule has 1 amide bonds. The van der Waals surface area contributed by atoms with Crippen molar-refractivity contribution < 1.29 is 14.3 Å². The van der Waals surface area contributed by atoms with Crippen LogP contribution in [0.4, 0.5) is 4.39 Å². The second-order valence-electron chi connectivity index (χ2n) is 6.21. The highest BCUT2D eigenvalue weighted by molar-refractivity contribution is 5.79. The van der Waals surface area contributed by atoms with Crippen molar-refractivity contribution in [3.05, 3.63) is 35.6 Å². The van der Waals surface area contributed by atoms with Gasteiger partial charge in [-0.25, -0.2) is 4.39 Å². The summed E-state index contributed by atoms with van der Waals surface area (Å²) in [7, 11) is 0. The number of benzene rings is 1. The fourth-order valence-corrected chi connectivity index (χ4v) is 2.94. The van der Waals surface area contributed by atoms with E-state index < -0.39 is 0 Å².